The first kappa shape index (κ1) is 87.2. The number of nitrogens with zero attached hydrogens (tertiary/aromatic N) is 3. The van der Waals surface area contributed by atoms with Gasteiger partial charge in [-0.3, -0.25) is 0 Å². The SMILES string of the molecule is CN(C)CCCNS(=O)(=O)CCCOC(C(F)(F)F)C(F)(F)F.C[N+](C)(CCCNS(=O)(=O)CCCCC(C(F)(F)F)C(F)(F)F)CC(=O)[O-].C[N+](C)([O-])CCCNS(=O)(=O)CCCOC(C(F)(F)F)C(F)(F)F.O=C([O-])CCl.[Na+]. The standard InChI is InChI=1S/C14H24F6N2O4S.C11H20F6N2O4S.C11H20F6N2O3S.C2H3ClO2.Na/c1-22(2,10-12(23)24)8-5-7-21-27(25,26)9-4-3-6-11(13(15,16)17)14(18,19)20;1-19(2,20)6-3-5-18-24(21,22)8-4-7-23-9(10(12,13)14)11(15,16)17;1-19(2)6-3-5-18-23(20,21)8-4-7-22-9(10(12,13)14)11(15,16)17;3-1-2(4)5;/h11,21H,3-10H2,1-2H3;9,18H,3-8H2,1-2H3;9,18H,3-8H2,1-2H3;1H2,(H,4,5);/q;;;;+1/p-1. The molecule has 3 N–H and O–H groups in total. The summed E-state index contributed by atoms with van der Waals surface area (Å²) in [5.74, 6) is -8.26. The molecule has 0 fully saturated rings. The second-order valence-electron chi connectivity index (χ2n) is 18.0. The molecule has 19 nitrogen and oxygen atoms in total. The normalized spacial score (nSPS) is 13.5. The molecule has 0 bridgehead atoms. The molecule has 478 valence electrons. The van der Waals surface area contributed by atoms with E-state index in [1.807, 2.05) is 4.90 Å². The van der Waals surface area contributed by atoms with Crippen LogP contribution >= 0.6 is 11.6 Å². The summed E-state index contributed by atoms with van der Waals surface area (Å²) in [5, 5.41) is 30.9. The Labute approximate surface area is 478 Å². The number of rotatable bonds is 33. The predicted molar refractivity (Wildman–Crippen MR) is 243 cm³/mol. The molecule has 0 aliphatic heterocycles. The summed E-state index contributed by atoms with van der Waals surface area (Å²) in [6.45, 7) is -1.09. The maximum atomic E-state index is 12.4. The zero-order valence-electron chi connectivity index (χ0n) is 44.1. The molecule has 0 unspecified atom stereocenters. The summed E-state index contributed by atoms with van der Waals surface area (Å²) >= 11 is 4.67. The number of hydrogen-bond acceptors (Lipinski definition) is 14. The number of halogens is 19. The second kappa shape index (κ2) is 38.5. The number of unbranched alkanes of at least 4 members (excludes halogenated alkanes) is 1. The molecule has 0 aromatic heterocycles. The summed E-state index contributed by atoms with van der Waals surface area (Å²) < 4.78 is 303. The number of quaternary nitrogens is 2. The third-order valence-corrected chi connectivity index (χ3v) is 13.7. The quantitative estimate of drug-likeness (QED) is 0.0203. The van der Waals surface area contributed by atoms with Crippen molar-refractivity contribution in [1.82, 2.24) is 19.1 Å². The van der Waals surface area contributed by atoms with E-state index in [1.54, 1.807) is 28.2 Å². The Kier molecular flexibility index (Phi) is 42.0. The van der Waals surface area contributed by atoms with Crippen molar-refractivity contribution in [3.63, 3.8) is 0 Å². The van der Waals surface area contributed by atoms with Crippen LogP contribution in [-0.2, 0) is 49.1 Å². The van der Waals surface area contributed by atoms with Crippen LogP contribution < -0.4 is 53.9 Å². The van der Waals surface area contributed by atoms with Gasteiger partial charge in [-0.15, -0.1) is 11.6 Å². The molecular formula is C38H66ClF18N6NaO13S3. The number of hydroxylamine groups is 3. The minimum Gasteiger partial charge on any atom is -0.633 e. The second-order valence-corrected chi connectivity index (χ2v) is 24.0. The Morgan fingerprint density at radius 1 is 0.525 bits per heavy atom. The van der Waals surface area contributed by atoms with E-state index in [4.69, 9.17) is 9.90 Å². The van der Waals surface area contributed by atoms with Crippen LogP contribution in [0.15, 0.2) is 0 Å². The number of alkyl halides is 19. The molecule has 0 saturated carbocycles. The Morgan fingerprint density at radius 3 is 1.11 bits per heavy atom. The summed E-state index contributed by atoms with van der Waals surface area (Å²) in [7, 11) is -1.92. The molecule has 42 heteroatoms. The van der Waals surface area contributed by atoms with Crippen LogP contribution in [0.5, 0.6) is 0 Å². The van der Waals surface area contributed by atoms with Crippen molar-refractivity contribution >= 4 is 53.6 Å². The molecule has 0 aliphatic carbocycles. The maximum Gasteiger partial charge on any atom is 1.00 e. The van der Waals surface area contributed by atoms with Crippen molar-refractivity contribution < 1.29 is 172 Å². The topological polar surface area (TPSA) is 264 Å². The number of sulfonamides is 3. The summed E-state index contributed by atoms with van der Waals surface area (Å²) in [6, 6.07) is 0. The molecule has 0 aliphatic rings. The Bertz CT molecular complexity index is 2010. The van der Waals surface area contributed by atoms with E-state index in [1.165, 1.54) is 14.1 Å². The Morgan fingerprint density at radius 2 is 0.838 bits per heavy atom. The van der Waals surface area contributed by atoms with Gasteiger partial charge in [0.1, 0.15) is 6.54 Å². The zero-order valence-corrected chi connectivity index (χ0v) is 49.3. The third kappa shape index (κ3) is 52.0. The van der Waals surface area contributed by atoms with Gasteiger partial charge in [0.05, 0.1) is 76.4 Å². The number of ether oxygens (including phenoxy) is 2. The van der Waals surface area contributed by atoms with Gasteiger partial charge < -0.3 is 48.5 Å². The minimum atomic E-state index is -5.63. The smallest absolute Gasteiger partial charge is 0.633 e. The first-order valence-corrected chi connectivity index (χ1v) is 28.0. The molecule has 0 amide bonds. The van der Waals surface area contributed by atoms with E-state index in [2.05, 4.69) is 35.2 Å². The Hall–Kier alpha value is -1.54. The van der Waals surface area contributed by atoms with Crippen LogP contribution in [0.3, 0.4) is 0 Å². The van der Waals surface area contributed by atoms with Gasteiger partial charge in [-0.2, -0.15) is 79.0 Å². The van der Waals surface area contributed by atoms with Crippen LogP contribution in [-0.4, -0.2) is 225 Å². The number of likely N-dealkylation sites (N-methyl/N-ethyl adjacent to an activating group) is 1. The van der Waals surface area contributed by atoms with Gasteiger partial charge in [-0.1, -0.05) is 6.42 Å². The van der Waals surface area contributed by atoms with Crippen LogP contribution in [0.4, 0.5) is 79.0 Å². The van der Waals surface area contributed by atoms with Gasteiger partial charge in [-0.05, 0) is 52.7 Å². The minimum absolute atomic E-state index is 0. The van der Waals surface area contributed by atoms with E-state index in [0.717, 1.165) is 0 Å². The number of nitrogens with one attached hydrogen (secondary N) is 3. The number of carboxylic acid groups (broad SMARTS) is 2. The van der Waals surface area contributed by atoms with Crippen molar-refractivity contribution in [3.05, 3.63) is 5.21 Å². The molecule has 0 heterocycles. The fourth-order valence-corrected chi connectivity index (χ4v) is 8.87. The van der Waals surface area contributed by atoms with Crippen LogP contribution in [0, 0.1) is 11.1 Å². The largest absolute Gasteiger partial charge is 1.00 e. The van der Waals surface area contributed by atoms with Gasteiger partial charge in [0, 0.05) is 45.7 Å². The van der Waals surface area contributed by atoms with Crippen molar-refractivity contribution in [2.75, 3.05) is 124 Å². The molecule has 0 aromatic rings. The summed E-state index contributed by atoms with van der Waals surface area (Å²) in [5.41, 5.74) is 0. The summed E-state index contributed by atoms with van der Waals surface area (Å²) in [4.78, 5) is 21.5. The maximum absolute atomic E-state index is 12.4. The molecule has 80 heavy (non-hydrogen) atoms. The van der Waals surface area contributed by atoms with Crippen LogP contribution in [0.2, 0.25) is 0 Å². The fourth-order valence-electron chi connectivity index (χ4n) is 5.49. The monoisotopic (exact) mass is 1310 g/mol. The molecule has 0 atom stereocenters. The molecule has 0 radical (unpaired) electrons. The van der Waals surface area contributed by atoms with Gasteiger partial charge >= 0.3 is 66.6 Å². The van der Waals surface area contributed by atoms with E-state index < -0.39 is 164 Å². The average molecular weight is 1310 g/mol. The number of aliphatic carboxylic acids is 2. The molecule has 0 saturated heterocycles. The van der Waals surface area contributed by atoms with E-state index in [9.17, 15) is 119 Å². The van der Waals surface area contributed by atoms with E-state index >= 15 is 0 Å². The van der Waals surface area contributed by atoms with E-state index in [-0.39, 0.29) is 79.6 Å². The third-order valence-electron chi connectivity index (χ3n) is 9.05. The fraction of sp³-hybridized carbons (Fsp3) is 0.947. The van der Waals surface area contributed by atoms with Gasteiger partial charge in [-0.25, -0.2) is 39.4 Å². The van der Waals surface area contributed by atoms with Gasteiger partial charge in [0.15, 0.2) is 5.92 Å². The first-order valence-electron chi connectivity index (χ1n) is 22.6. The van der Waals surface area contributed by atoms with E-state index in [0.29, 0.717) is 25.9 Å². The first-order chi connectivity index (χ1) is 35.0. The predicted octanol–water partition coefficient (Wildman–Crippen LogP) is 0.540. The van der Waals surface area contributed by atoms with Gasteiger partial charge in [0.25, 0.3) is 0 Å². The summed E-state index contributed by atoms with van der Waals surface area (Å²) in [6.07, 6.45) is -43.2. The average Bonchev–Trinajstić information content (AvgIpc) is 3.19. The van der Waals surface area contributed by atoms with Crippen molar-refractivity contribution in [1.29, 1.82) is 0 Å². The number of carboxylic acids is 2. The molecule has 0 rings (SSSR count). The van der Waals surface area contributed by atoms with Crippen LogP contribution in [0.25, 0.3) is 0 Å². The molecular weight excluding hydrogens is 1250 g/mol. The number of carbonyl (C=O) groups excluding carboxylic acids is 2. The molecule has 0 aromatic carbocycles. The zero-order chi connectivity index (χ0) is 63.3. The number of hydrogen-bond donors (Lipinski definition) is 3. The van der Waals surface area contributed by atoms with Crippen molar-refractivity contribution in [2.24, 2.45) is 5.92 Å². The van der Waals surface area contributed by atoms with Crippen LogP contribution in [0.1, 0.15) is 51.4 Å². The van der Waals surface area contributed by atoms with Crippen molar-refractivity contribution in [3.8, 4) is 0 Å². The van der Waals surface area contributed by atoms with Gasteiger partial charge in [0.2, 0.25) is 42.3 Å². The van der Waals surface area contributed by atoms with Crippen molar-refractivity contribution in [2.45, 2.75) is 101 Å². The Balaban J connectivity index is -0.000000335. The number of carbonyl (C=O) groups is 2. The molecule has 0 spiro atoms.